The lowest BCUT2D eigenvalue weighted by atomic mass is 10.0. The Balaban J connectivity index is 2.09. The van der Waals surface area contributed by atoms with Crippen LogP contribution >= 0.6 is 11.6 Å². The second-order valence-electron chi connectivity index (χ2n) is 3.49. The van der Waals surface area contributed by atoms with Gasteiger partial charge in [-0.25, -0.2) is 0 Å². The molecule has 1 fully saturated rings. The summed E-state index contributed by atoms with van der Waals surface area (Å²) in [7, 11) is 0. The molecule has 0 amide bonds. The summed E-state index contributed by atoms with van der Waals surface area (Å²) in [6.07, 6.45) is 0. The van der Waals surface area contributed by atoms with Crippen molar-refractivity contribution in [3.05, 3.63) is 29.3 Å². The highest BCUT2D eigenvalue weighted by molar-refractivity contribution is 6.30. The molecule has 1 aromatic rings. The van der Waals surface area contributed by atoms with Crippen molar-refractivity contribution < 1.29 is 0 Å². The van der Waals surface area contributed by atoms with Crippen LogP contribution in [0, 0.1) is 5.92 Å². The number of hydrogen-bond donors (Lipinski definition) is 0. The molecule has 0 atom stereocenters. The van der Waals surface area contributed by atoms with Gasteiger partial charge in [0, 0.05) is 23.8 Å². The maximum atomic E-state index is 5.79. The van der Waals surface area contributed by atoms with Gasteiger partial charge in [-0.3, -0.25) is 0 Å². The Morgan fingerprint density at radius 2 is 1.83 bits per heavy atom. The van der Waals surface area contributed by atoms with E-state index in [4.69, 9.17) is 11.6 Å². The normalized spacial score (nSPS) is 17.7. The monoisotopic (exact) mass is 181 g/mol. The van der Waals surface area contributed by atoms with Crippen LogP contribution in [0.3, 0.4) is 0 Å². The second kappa shape index (κ2) is 2.98. The van der Waals surface area contributed by atoms with Gasteiger partial charge in [-0.1, -0.05) is 18.5 Å². The van der Waals surface area contributed by atoms with Crippen LogP contribution in [0.15, 0.2) is 24.3 Å². The van der Waals surface area contributed by atoms with E-state index < -0.39 is 0 Å². The van der Waals surface area contributed by atoms with Gasteiger partial charge < -0.3 is 4.90 Å². The number of hydrogen-bond acceptors (Lipinski definition) is 1. The molecule has 0 unspecified atom stereocenters. The average Bonchev–Trinajstić information content (AvgIpc) is 2.01. The van der Waals surface area contributed by atoms with Crippen molar-refractivity contribution in [2.24, 2.45) is 5.92 Å². The van der Waals surface area contributed by atoms with Crippen molar-refractivity contribution in [1.29, 1.82) is 0 Å². The van der Waals surface area contributed by atoms with E-state index in [2.05, 4.69) is 24.0 Å². The summed E-state index contributed by atoms with van der Waals surface area (Å²) in [5.41, 5.74) is 1.29. The predicted molar refractivity (Wildman–Crippen MR) is 52.8 cm³/mol. The zero-order valence-electron chi connectivity index (χ0n) is 7.13. The maximum Gasteiger partial charge on any atom is 0.0407 e. The van der Waals surface area contributed by atoms with Gasteiger partial charge >= 0.3 is 0 Å². The Labute approximate surface area is 77.9 Å². The summed E-state index contributed by atoms with van der Waals surface area (Å²) >= 11 is 5.79. The highest BCUT2D eigenvalue weighted by Crippen LogP contribution is 2.25. The molecule has 0 N–H and O–H groups in total. The third-order valence-corrected chi connectivity index (χ3v) is 2.51. The van der Waals surface area contributed by atoms with Gasteiger partial charge in [0.05, 0.1) is 0 Å². The minimum atomic E-state index is 0.812. The first-order valence-corrected chi connectivity index (χ1v) is 4.64. The average molecular weight is 182 g/mol. The third-order valence-electron chi connectivity index (χ3n) is 2.26. The smallest absolute Gasteiger partial charge is 0.0407 e. The van der Waals surface area contributed by atoms with Crippen molar-refractivity contribution in [2.75, 3.05) is 18.0 Å². The van der Waals surface area contributed by atoms with Gasteiger partial charge in [-0.05, 0) is 30.2 Å². The van der Waals surface area contributed by atoms with Crippen molar-refractivity contribution in [1.82, 2.24) is 0 Å². The quantitative estimate of drug-likeness (QED) is 0.644. The molecule has 0 aromatic heterocycles. The number of nitrogens with zero attached hydrogens (tertiary/aromatic N) is 1. The van der Waals surface area contributed by atoms with E-state index in [1.165, 1.54) is 18.8 Å². The lowest BCUT2D eigenvalue weighted by Crippen LogP contribution is -2.45. The Hall–Kier alpha value is -0.690. The molecule has 0 bridgehead atoms. The van der Waals surface area contributed by atoms with Crippen molar-refractivity contribution in [3.63, 3.8) is 0 Å². The minimum Gasteiger partial charge on any atom is -0.371 e. The summed E-state index contributed by atoms with van der Waals surface area (Å²) in [5.74, 6) is 0.848. The molecule has 1 heterocycles. The molecule has 1 aromatic carbocycles. The molecule has 0 saturated carbocycles. The van der Waals surface area contributed by atoms with Crippen molar-refractivity contribution in [2.45, 2.75) is 6.92 Å². The van der Waals surface area contributed by atoms with Crippen LogP contribution in [0.1, 0.15) is 6.92 Å². The highest BCUT2D eigenvalue weighted by Gasteiger charge is 2.21. The zero-order chi connectivity index (χ0) is 8.55. The molecular weight excluding hydrogens is 170 g/mol. The van der Waals surface area contributed by atoms with E-state index in [1.807, 2.05) is 12.1 Å². The number of benzene rings is 1. The lowest BCUT2D eigenvalue weighted by Gasteiger charge is -2.39. The summed E-state index contributed by atoms with van der Waals surface area (Å²) in [5, 5.41) is 0.812. The van der Waals surface area contributed by atoms with E-state index in [1.54, 1.807) is 0 Å². The van der Waals surface area contributed by atoms with E-state index in [0.717, 1.165) is 10.9 Å². The topological polar surface area (TPSA) is 3.24 Å². The largest absolute Gasteiger partial charge is 0.371 e. The SMILES string of the molecule is CC1CN(c2ccc(Cl)cc2)C1. The van der Waals surface area contributed by atoms with E-state index in [-0.39, 0.29) is 0 Å². The summed E-state index contributed by atoms with van der Waals surface area (Å²) in [6, 6.07) is 8.04. The van der Waals surface area contributed by atoms with E-state index >= 15 is 0 Å². The van der Waals surface area contributed by atoms with E-state index in [9.17, 15) is 0 Å². The fourth-order valence-electron chi connectivity index (χ4n) is 1.56. The molecule has 1 saturated heterocycles. The molecule has 0 aliphatic carbocycles. The van der Waals surface area contributed by atoms with Crippen molar-refractivity contribution >= 4 is 17.3 Å². The summed E-state index contributed by atoms with van der Waals surface area (Å²) in [4.78, 5) is 2.36. The first-order valence-electron chi connectivity index (χ1n) is 4.26. The van der Waals surface area contributed by atoms with Gasteiger partial charge in [0.25, 0.3) is 0 Å². The molecular formula is C10H12ClN. The van der Waals surface area contributed by atoms with Gasteiger partial charge in [0.15, 0.2) is 0 Å². The first kappa shape index (κ1) is 7.93. The van der Waals surface area contributed by atoms with Crippen LogP contribution in [-0.4, -0.2) is 13.1 Å². The van der Waals surface area contributed by atoms with Crippen LogP contribution in [0.5, 0.6) is 0 Å². The number of anilines is 1. The second-order valence-corrected chi connectivity index (χ2v) is 3.92. The fraction of sp³-hybridized carbons (Fsp3) is 0.400. The number of halogens is 1. The van der Waals surface area contributed by atoms with Gasteiger partial charge in [0.2, 0.25) is 0 Å². The fourth-order valence-corrected chi connectivity index (χ4v) is 1.69. The molecule has 1 nitrogen and oxygen atoms in total. The van der Waals surface area contributed by atoms with Gasteiger partial charge in [-0.2, -0.15) is 0 Å². The minimum absolute atomic E-state index is 0.812. The van der Waals surface area contributed by atoms with E-state index in [0.29, 0.717) is 0 Å². The Kier molecular flexibility index (Phi) is 1.97. The highest BCUT2D eigenvalue weighted by atomic mass is 35.5. The molecule has 64 valence electrons. The lowest BCUT2D eigenvalue weighted by molar-refractivity contribution is 0.447. The Morgan fingerprint density at radius 3 is 2.33 bits per heavy atom. The first-order chi connectivity index (χ1) is 5.75. The number of rotatable bonds is 1. The molecule has 2 rings (SSSR count). The zero-order valence-corrected chi connectivity index (χ0v) is 7.88. The molecule has 2 heteroatoms. The molecule has 0 radical (unpaired) electrons. The van der Waals surface area contributed by atoms with Gasteiger partial charge in [0.1, 0.15) is 0 Å². The van der Waals surface area contributed by atoms with Crippen LogP contribution in [0.25, 0.3) is 0 Å². The van der Waals surface area contributed by atoms with Crippen LogP contribution in [0.4, 0.5) is 5.69 Å². The third kappa shape index (κ3) is 1.42. The van der Waals surface area contributed by atoms with Crippen molar-refractivity contribution in [3.8, 4) is 0 Å². The Bertz CT molecular complexity index is 262. The van der Waals surface area contributed by atoms with Crippen LogP contribution in [-0.2, 0) is 0 Å². The molecule has 0 spiro atoms. The summed E-state index contributed by atoms with van der Waals surface area (Å²) in [6.45, 7) is 4.63. The molecule has 1 aliphatic heterocycles. The Morgan fingerprint density at radius 1 is 1.25 bits per heavy atom. The predicted octanol–water partition coefficient (Wildman–Crippen LogP) is 2.80. The van der Waals surface area contributed by atoms with Crippen LogP contribution < -0.4 is 4.90 Å². The standard InChI is InChI=1S/C10H12ClN/c1-8-6-12(7-8)10-4-2-9(11)3-5-10/h2-5,8H,6-7H2,1H3. The van der Waals surface area contributed by atoms with Gasteiger partial charge in [-0.15, -0.1) is 0 Å². The molecule has 12 heavy (non-hydrogen) atoms. The molecule has 1 aliphatic rings. The van der Waals surface area contributed by atoms with Crippen LogP contribution in [0.2, 0.25) is 5.02 Å². The maximum absolute atomic E-state index is 5.79. The summed E-state index contributed by atoms with van der Waals surface area (Å²) < 4.78 is 0.